The first-order valence-corrected chi connectivity index (χ1v) is 5.60. The number of guanidine groups is 1. The summed E-state index contributed by atoms with van der Waals surface area (Å²) in [7, 11) is 1.71. The van der Waals surface area contributed by atoms with Gasteiger partial charge in [0.15, 0.2) is 0 Å². The summed E-state index contributed by atoms with van der Waals surface area (Å²) < 4.78 is 5.08. The fraction of sp³-hybridized carbons (Fsp3) is 0.900. The van der Waals surface area contributed by atoms with Crippen LogP contribution in [0.1, 0.15) is 26.2 Å². The topological polar surface area (TPSA) is 62.9 Å². The van der Waals surface area contributed by atoms with E-state index < -0.39 is 0 Å². The van der Waals surface area contributed by atoms with Crippen LogP contribution in [0.2, 0.25) is 0 Å². The second-order valence-corrected chi connectivity index (χ2v) is 3.77. The summed E-state index contributed by atoms with van der Waals surface area (Å²) in [4.78, 5) is 6.63. The average molecular weight is 214 g/mol. The number of hydrogen-bond donors (Lipinski definition) is 2. The highest BCUT2D eigenvalue weighted by Gasteiger charge is 2.30. The zero-order valence-electron chi connectivity index (χ0n) is 9.70. The standard InChI is InChI=1S/C10H22N4O/c1-3-6-12-10(13-11)14(7-8-15-2)9-4-5-9/h9H,3-8,11H2,1-2H3,(H,12,13). The smallest absolute Gasteiger partial charge is 0.208 e. The molecule has 0 saturated heterocycles. The van der Waals surface area contributed by atoms with Crippen LogP contribution in [0.4, 0.5) is 0 Å². The van der Waals surface area contributed by atoms with Crippen molar-refractivity contribution in [2.24, 2.45) is 10.8 Å². The van der Waals surface area contributed by atoms with Gasteiger partial charge >= 0.3 is 0 Å². The van der Waals surface area contributed by atoms with Crippen LogP contribution < -0.4 is 11.3 Å². The van der Waals surface area contributed by atoms with Gasteiger partial charge in [-0.05, 0) is 19.3 Å². The number of ether oxygens (including phenoxy) is 1. The normalized spacial score (nSPS) is 16.6. The largest absolute Gasteiger partial charge is 0.383 e. The second kappa shape index (κ2) is 6.63. The van der Waals surface area contributed by atoms with Gasteiger partial charge in [-0.2, -0.15) is 0 Å². The van der Waals surface area contributed by atoms with Gasteiger partial charge in [-0.25, -0.2) is 5.84 Å². The Labute approximate surface area is 91.6 Å². The third kappa shape index (κ3) is 4.05. The van der Waals surface area contributed by atoms with Gasteiger partial charge in [-0.15, -0.1) is 0 Å². The molecule has 0 atom stereocenters. The van der Waals surface area contributed by atoms with E-state index in [1.54, 1.807) is 7.11 Å². The fourth-order valence-corrected chi connectivity index (χ4v) is 1.47. The van der Waals surface area contributed by atoms with Crippen LogP contribution in [0.3, 0.4) is 0 Å². The van der Waals surface area contributed by atoms with Gasteiger partial charge in [-0.3, -0.25) is 10.4 Å². The van der Waals surface area contributed by atoms with Crippen LogP contribution >= 0.6 is 0 Å². The fourth-order valence-electron chi connectivity index (χ4n) is 1.47. The Hall–Kier alpha value is -0.810. The minimum atomic E-state index is 0.604. The Kier molecular flexibility index (Phi) is 5.42. The Morgan fingerprint density at radius 1 is 1.60 bits per heavy atom. The molecular weight excluding hydrogens is 192 g/mol. The molecule has 1 aliphatic carbocycles. The minimum Gasteiger partial charge on any atom is -0.383 e. The molecule has 0 aromatic heterocycles. The number of methoxy groups -OCH3 is 1. The number of hydrazine groups is 1. The molecule has 0 aromatic rings. The summed E-state index contributed by atoms with van der Waals surface area (Å²) in [6, 6.07) is 0.604. The Bertz CT molecular complexity index is 204. The first-order valence-electron chi connectivity index (χ1n) is 5.60. The molecule has 5 heteroatoms. The van der Waals surface area contributed by atoms with Gasteiger partial charge in [0.2, 0.25) is 5.96 Å². The van der Waals surface area contributed by atoms with Gasteiger partial charge in [0.05, 0.1) is 6.61 Å². The molecule has 88 valence electrons. The highest BCUT2D eigenvalue weighted by Crippen LogP contribution is 2.26. The SMILES string of the molecule is CCCN=C(NN)N(CCOC)C1CC1. The average Bonchev–Trinajstić information content (AvgIpc) is 3.07. The summed E-state index contributed by atoms with van der Waals surface area (Å²) in [5, 5.41) is 0. The van der Waals surface area contributed by atoms with Crippen molar-refractivity contribution in [2.45, 2.75) is 32.2 Å². The van der Waals surface area contributed by atoms with Gasteiger partial charge in [-0.1, -0.05) is 6.92 Å². The lowest BCUT2D eigenvalue weighted by Crippen LogP contribution is -2.47. The van der Waals surface area contributed by atoms with E-state index in [0.717, 1.165) is 25.5 Å². The molecule has 0 radical (unpaired) electrons. The Morgan fingerprint density at radius 2 is 2.33 bits per heavy atom. The van der Waals surface area contributed by atoms with E-state index in [4.69, 9.17) is 10.6 Å². The van der Waals surface area contributed by atoms with Crippen molar-refractivity contribution in [1.29, 1.82) is 0 Å². The molecule has 0 bridgehead atoms. The summed E-state index contributed by atoms with van der Waals surface area (Å²) in [6.45, 7) is 4.49. The zero-order chi connectivity index (χ0) is 11.1. The van der Waals surface area contributed by atoms with Gasteiger partial charge in [0, 0.05) is 26.2 Å². The Morgan fingerprint density at radius 3 is 2.80 bits per heavy atom. The van der Waals surface area contributed by atoms with Crippen LogP contribution in [0.25, 0.3) is 0 Å². The Balaban J connectivity index is 2.50. The highest BCUT2D eigenvalue weighted by molar-refractivity contribution is 5.80. The molecule has 15 heavy (non-hydrogen) atoms. The maximum absolute atomic E-state index is 5.49. The molecule has 0 unspecified atom stereocenters. The van der Waals surface area contributed by atoms with E-state index in [1.165, 1.54) is 12.8 Å². The van der Waals surface area contributed by atoms with E-state index >= 15 is 0 Å². The van der Waals surface area contributed by atoms with Crippen molar-refractivity contribution in [3.8, 4) is 0 Å². The molecule has 1 rings (SSSR count). The van der Waals surface area contributed by atoms with E-state index in [0.29, 0.717) is 12.6 Å². The molecule has 1 aliphatic rings. The van der Waals surface area contributed by atoms with Crippen LogP contribution in [0, 0.1) is 0 Å². The van der Waals surface area contributed by atoms with Crippen LogP contribution in [0.5, 0.6) is 0 Å². The number of rotatable bonds is 6. The molecule has 5 nitrogen and oxygen atoms in total. The van der Waals surface area contributed by atoms with E-state index in [9.17, 15) is 0 Å². The monoisotopic (exact) mass is 214 g/mol. The lowest BCUT2D eigenvalue weighted by Gasteiger charge is -2.25. The van der Waals surface area contributed by atoms with Crippen LogP contribution in [-0.4, -0.2) is 43.7 Å². The molecule has 0 spiro atoms. The number of hydrogen-bond acceptors (Lipinski definition) is 3. The number of nitrogens with zero attached hydrogens (tertiary/aromatic N) is 2. The van der Waals surface area contributed by atoms with Crippen molar-refractivity contribution in [2.75, 3.05) is 26.8 Å². The predicted octanol–water partition coefficient (Wildman–Crippen LogP) is 0.327. The molecular formula is C10H22N4O. The van der Waals surface area contributed by atoms with Crippen molar-refractivity contribution < 1.29 is 4.74 Å². The maximum Gasteiger partial charge on any atom is 0.208 e. The third-order valence-corrected chi connectivity index (χ3v) is 2.41. The molecule has 0 aliphatic heterocycles. The van der Waals surface area contributed by atoms with Crippen molar-refractivity contribution in [3.05, 3.63) is 0 Å². The number of nitrogens with two attached hydrogens (primary N) is 1. The number of nitrogens with one attached hydrogen (secondary N) is 1. The molecule has 0 heterocycles. The highest BCUT2D eigenvalue weighted by atomic mass is 16.5. The number of aliphatic imine (C=N–C) groups is 1. The summed E-state index contributed by atoms with van der Waals surface area (Å²) >= 11 is 0. The van der Waals surface area contributed by atoms with Crippen LogP contribution in [-0.2, 0) is 4.74 Å². The first kappa shape index (κ1) is 12.3. The molecule has 0 aromatic carbocycles. The zero-order valence-corrected chi connectivity index (χ0v) is 9.70. The molecule has 0 amide bonds. The second-order valence-electron chi connectivity index (χ2n) is 3.77. The summed E-state index contributed by atoms with van der Waals surface area (Å²) in [5.41, 5.74) is 2.69. The van der Waals surface area contributed by atoms with E-state index in [1.807, 2.05) is 0 Å². The van der Waals surface area contributed by atoms with Crippen molar-refractivity contribution in [3.63, 3.8) is 0 Å². The van der Waals surface area contributed by atoms with E-state index in [-0.39, 0.29) is 0 Å². The molecule has 1 fully saturated rings. The van der Waals surface area contributed by atoms with Gasteiger partial charge in [0.1, 0.15) is 0 Å². The van der Waals surface area contributed by atoms with Crippen LogP contribution in [0.15, 0.2) is 4.99 Å². The minimum absolute atomic E-state index is 0.604. The van der Waals surface area contributed by atoms with E-state index in [2.05, 4.69) is 22.2 Å². The van der Waals surface area contributed by atoms with Crippen molar-refractivity contribution >= 4 is 5.96 Å². The summed E-state index contributed by atoms with van der Waals surface area (Å²) in [6.07, 6.45) is 3.50. The van der Waals surface area contributed by atoms with Gasteiger partial charge in [0.25, 0.3) is 0 Å². The lowest BCUT2D eigenvalue weighted by molar-refractivity contribution is 0.172. The third-order valence-electron chi connectivity index (χ3n) is 2.41. The predicted molar refractivity (Wildman–Crippen MR) is 61.5 cm³/mol. The van der Waals surface area contributed by atoms with Gasteiger partial charge < -0.3 is 9.64 Å². The lowest BCUT2D eigenvalue weighted by atomic mass is 10.4. The quantitative estimate of drug-likeness (QED) is 0.289. The molecule has 1 saturated carbocycles. The maximum atomic E-state index is 5.49. The first-order chi connectivity index (χ1) is 7.33. The molecule has 3 N–H and O–H groups in total. The summed E-state index contributed by atoms with van der Waals surface area (Å²) in [5.74, 6) is 6.29. The van der Waals surface area contributed by atoms with Crippen molar-refractivity contribution in [1.82, 2.24) is 10.3 Å².